The van der Waals surface area contributed by atoms with Crippen LogP contribution in [-0.2, 0) is 17.6 Å². The summed E-state index contributed by atoms with van der Waals surface area (Å²) in [5, 5.41) is 4.54. The van der Waals surface area contributed by atoms with Crippen LogP contribution >= 0.6 is 11.3 Å². The highest BCUT2D eigenvalue weighted by molar-refractivity contribution is 7.18. The molecule has 1 N–H and O–H groups in total. The number of aryl methyl sites for hydroxylation is 1. The van der Waals surface area contributed by atoms with Crippen LogP contribution in [0.1, 0.15) is 42.3 Å². The molecular weight excluding hydrogens is 391 g/mol. The molecule has 1 aromatic carbocycles. The smallest absolute Gasteiger partial charge is 0.263 e. The number of nitrogens with one attached hydrogen (secondary N) is 1. The number of carbonyl (C=O) groups is 1. The van der Waals surface area contributed by atoms with E-state index in [-0.39, 0.29) is 11.4 Å². The maximum Gasteiger partial charge on any atom is 0.263 e. The van der Waals surface area contributed by atoms with E-state index >= 15 is 0 Å². The molecule has 150 valence electrons. The van der Waals surface area contributed by atoms with Gasteiger partial charge in [0.05, 0.1) is 17.9 Å². The van der Waals surface area contributed by atoms with Crippen LogP contribution in [0.15, 0.2) is 40.5 Å². The fraction of sp³-hybridized carbons (Fsp3) is 0.333. The summed E-state index contributed by atoms with van der Waals surface area (Å²) in [7, 11) is 0. The second kappa shape index (κ2) is 7.87. The van der Waals surface area contributed by atoms with E-state index < -0.39 is 11.9 Å². The van der Waals surface area contributed by atoms with Gasteiger partial charge in [-0.3, -0.25) is 14.2 Å². The zero-order chi connectivity index (χ0) is 20.5. The molecule has 2 aromatic heterocycles. The molecule has 2 heterocycles. The Morgan fingerprint density at radius 2 is 2.17 bits per heavy atom. The molecule has 1 aliphatic carbocycles. The van der Waals surface area contributed by atoms with Gasteiger partial charge in [0.1, 0.15) is 16.7 Å². The lowest BCUT2D eigenvalue weighted by Crippen LogP contribution is -2.34. The minimum atomic E-state index is -0.761. The van der Waals surface area contributed by atoms with Crippen LogP contribution in [0.5, 0.6) is 0 Å². The minimum Gasteiger partial charge on any atom is -0.286 e. The van der Waals surface area contributed by atoms with Crippen LogP contribution < -0.4 is 11.0 Å². The first-order chi connectivity index (χ1) is 13.9. The first kappa shape index (κ1) is 19.4. The van der Waals surface area contributed by atoms with Crippen molar-refractivity contribution in [2.24, 2.45) is 11.0 Å². The van der Waals surface area contributed by atoms with E-state index in [0.29, 0.717) is 16.9 Å². The average molecular weight is 412 g/mol. The summed E-state index contributed by atoms with van der Waals surface area (Å²) in [5.74, 6) is -0.155. The Bertz CT molecular complexity index is 1150. The lowest BCUT2D eigenvalue weighted by molar-refractivity contribution is -0.123. The second-order valence-corrected chi connectivity index (χ2v) is 8.53. The van der Waals surface area contributed by atoms with Crippen molar-refractivity contribution in [1.82, 2.24) is 15.0 Å². The molecule has 0 aliphatic heterocycles. The SMILES string of the molecule is C[C@H]1CCc2c(sc3ncn([C@H](C)C(=O)NN=Cc4ccc(F)cc4)c(=O)c23)C1. The topological polar surface area (TPSA) is 76.3 Å². The van der Waals surface area contributed by atoms with Crippen LogP contribution in [0, 0.1) is 11.7 Å². The lowest BCUT2D eigenvalue weighted by atomic mass is 9.89. The van der Waals surface area contributed by atoms with E-state index in [1.54, 1.807) is 30.4 Å². The van der Waals surface area contributed by atoms with Crippen LogP contribution in [-0.4, -0.2) is 21.7 Å². The van der Waals surface area contributed by atoms with Gasteiger partial charge in [-0.2, -0.15) is 5.10 Å². The minimum absolute atomic E-state index is 0.188. The van der Waals surface area contributed by atoms with Gasteiger partial charge in [0.15, 0.2) is 0 Å². The van der Waals surface area contributed by atoms with Gasteiger partial charge in [0, 0.05) is 4.88 Å². The third kappa shape index (κ3) is 3.85. The summed E-state index contributed by atoms with van der Waals surface area (Å²) in [4.78, 5) is 32.0. The fourth-order valence-corrected chi connectivity index (χ4v) is 4.90. The highest BCUT2D eigenvalue weighted by atomic mass is 32.1. The molecule has 1 aliphatic rings. The van der Waals surface area contributed by atoms with Crippen molar-refractivity contribution in [2.45, 2.75) is 39.2 Å². The Morgan fingerprint density at radius 1 is 1.41 bits per heavy atom. The van der Waals surface area contributed by atoms with E-state index in [2.05, 4.69) is 22.4 Å². The highest BCUT2D eigenvalue weighted by Gasteiger charge is 2.25. The summed E-state index contributed by atoms with van der Waals surface area (Å²) in [6.07, 6.45) is 5.76. The molecule has 0 saturated heterocycles. The Balaban J connectivity index is 1.55. The third-order valence-corrected chi connectivity index (χ3v) is 6.46. The third-order valence-electron chi connectivity index (χ3n) is 5.30. The van der Waals surface area contributed by atoms with E-state index in [1.165, 1.54) is 34.1 Å². The van der Waals surface area contributed by atoms with Crippen molar-refractivity contribution in [3.8, 4) is 0 Å². The first-order valence-electron chi connectivity index (χ1n) is 9.54. The Morgan fingerprint density at radius 3 is 2.93 bits per heavy atom. The van der Waals surface area contributed by atoms with Crippen LogP contribution in [0.4, 0.5) is 4.39 Å². The summed E-state index contributed by atoms with van der Waals surface area (Å²) >= 11 is 1.58. The number of hydrazone groups is 1. The summed E-state index contributed by atoms with van der Waals surface area (Å²) < 4.78 is 14.3. The van der Waals surface area contributed by atoms with Crippen molar-refractivity contribution in [3.05, 3.63) is 62.8 Å². The maximum absolute atomic E-state index is 13.1. The number of hydrogen-bond acceptors (Lipinski definition) is 5. The number of halogens is 1. The molecule has 4 rings (SSSR count). The molecule has 0 radical (unpaired) electrons. The highest BCUT2D eigenvalue weighted by Crippen LogP contribution is 2.35. The number of hydrogen-bond donors (Lipinski definition) is 1. The molecule has 0 fully saturated rings. The standard InChI is InChI=1S/C21H21FN4O2S/c1-12-3-8-16-17(9-12)29-20-18(16)21(28)26(11-23-20)13(2)19(27)25-24-10-14-4-6-15(22)7-5-14/h4-7,10-13H,3,8-9H2,1-2H3,(H,25,27)/t12-,13+/m0/s1. The molecular formula is C21H21FN4O2S. The zero-order valence-corrected chi connectivity index (χ0v) is 17.0. The van der Waals surface area contributed by atoms with E-state index in [1.807, 2.05) is 0 Å². The number of aromatic nitrogens is 2. The maximum atomic E-state index is 13.1. The van der Waals surface area contributed by atoms with Crippen molar-refractivity contribution < 1.29 is 9.18 Å². The van der Waals surface area contributed by atoms with E-state index in [4.69, 9.17) is 0 Å². The lowest BCUT2D eigenvalue weighted by Gasteiger charge is -2.18. The van der Waals surface area contributed by atoms with Gasteiger partial charge in [-0.15, -0.1) is 11.3 Å². The predicted molar refractivity (Wildman–Crippen MR) is 112 cm³/mol. The van der Waals surface area contributed by atoms with Gasteiger partial charge in [-0.05, 0) is 55.4 Å². The Labute approximate surface area is 171 Å². The molecule has 2 atom stereocenters. The molecule has 0 saturated carbocycles. The van der Waals surface area contributed by atoms with Crippen molar-refractivity contribution in [1.29, 1.82) is 0 Å². The van der Waals surface area contributed by atoms with Gasteiger partial charge in [-0.25, -0.2) is 14.8 Å². The quantitative estimate of drug-likeness (QED) is 0.527. The summed E-state index contributed by atoms with van der Waals surface area (Å²) in [6, 6.07) is 4.97. The van der Waals surface area contributed by atoms with E-state index in [9.17, 15) is 14.0 Å². The molecule has 0 unspecified atom stereocenters. The number of rotatable bonds is 4. The number of thiophene rings is 1. The van der Waals surface area contributed by atoms with Crippen molar-refractivity contribution in [3.63, 3.8) is 0 Å². The molecule has 3 aromatic rings. The van der Waals surface area contributed by atoms with Crippen LogP contribution in [0.25, 0.3) is 10.2 Å². The van der Waals surface area contributed by atoms with Gasteiger partial charge < -0.3 is 0 Å². The average Bonchev–Trinajstić information content (AvgIpc) is 3.07. The van der Waals surface area contributed by atoms with Crippen LogP contribution in [0.2, 0.25) is 0 Å². The largest absolute Gasteiger partial charge is 0.286 e. The molecule has 0 spiro atoms. The number of amides is 1. The van der Waals surface area contributed by atoms with Gasteiger partial charge in [-0.1, -0.05) is 19.1 Å². The normalized spacial score (nSPS) is 17.4. The zero-order valence-electron chi connectivity index (χ0n) is 16.2. The van der Waals surface area contributed by atoms with Crippen molar-refractivity contribution in [2.75, 3.05) is 0 Å². The monoisotopic (exact) mass is 412 g/mol. The summed E-state index contributed by atoms with van der Waals surface area (Å²) in [5.41, 5.74) is 3.99. The van der Waals surface area contributed by atoms with Gasteiger partial charge in [0.25, 0.3) is 11.5 Å². The number of carbonyl (C=O) groups excluding carboxylic acids is 1. The first-order valence-corrected chi connectivity index (χ1v) is 10.4. The van der Waals surface area contributed by atoms with Crippen molar-refractivity contribution >= 4 is 33.7 Å². The predicted octanol–water partition coefficient (Wildman–Crippen LogP) is 3.43. The Hall–Kier alpha value is -2.87. The molecule has 0 bridgehead atoms. The second-order valence-electron chi connectivity index (χ2n) is 7.45. The summed E-state index contributed by atoms with van der Waals surface area (Å²) in [6.45, 7) is 3.86. The fourth-order valence-electron chi connectivity index (χ4n) is 3.56. The van der Waals surface area contributed by atoms with Gasteiger partial charge in [0.2, 0.25) is 0 Å². The molecule has 8 heteroatoms. The Kier molecular flexibility index (Phi) is 5.27. The number of nitrogens with zero attached hydrogens (tertiary/aromatic N) is 3. The molecule has 1 amide bonds. The molecule has 29 heavy (non-hydrogen) atoms. The molecule has 6 nitrogen and oxygen atoms in total. The van der Waals surface area contributed by atoms with Crippen LogP contribution in [0.3, 0.4) is 0 Å². The van der Waals surface area contributed by atoms with E-state index in [0.717, 1.165) is 29.7 Å². The van der Waals surface area contributed by atoms with Gasteiger partial charge >= 0.3 is 0 Å². The number of fused-ring (bicyclic) bond motifs is 3. The number of benzene rings is 1.